The normalized spacial score (nSPS) is 13.7. The third-order valence-corrected chi connectivity index (χ3v) is 2.56. The number of rotatable bonds is 2. The van der Waals surface area contributed by atoms with Gasteiger partial charge in [-0.1, -0.05) is 0 Å². The SMILES string of the molecule is O=[N+]([O-])Cc1cc(Br)c2c(c1)OCCO2. The molecule has 0 saturated carbocycles. The van der Waals surface area contributed by atoms with E-state index >= 15 is 0 Å². The van der Waals surface area contributed by atoms with E-state index in [2.05, 4.69) is 15.9 Å². The lowest BCUT2D eigenvalue weighted by Crippen LogP contribution is -2.16. The molecule has 0 amide bonds. The highest BCUT2D eigenvalue weighted by molar-refractivity contribution is 9.10. The largest absolute Gasteiger partial charge is 0.486 e. The lowest BCUT2D eigenvalue weighted by atomic mass is 10.2. The fourth-order valence-corrected chi connectivity index (χ4v) is 2.01. The van der Waals surface area contributed by atoms with Crippen molar-refractivity contribution in [3.05, 3.63) is 32.3 Å². The molecule has 0 N–H and O–H groups in total. The Morgan fingerprint density at radius 3 is 2.87 bits per heavy atom. The van der Waals surface area contributed by atoms with Crippen molar-refractivity contribution in [1.29, 1.82) is 0 Å². The predicted octanol–water partition coefficient (Wildman–Crippen LogP) is 2.00. The van der Waals surface area contributed by atoms with E-state index in [1.165, 1.54) is 0 Å². The minimum Gasteiger partial charge on any atom is -0.486 e. The van der Waals surface area contributed by atoms with Gasteiger partial charge in [-0.15, -0.1) is 0 Å². The van der Waals surface area contributed by atoms with Crippen LogP contribution in [-0.4, -0.2) is 18.1 Å². The first kappa shape index (κ1) is 10.2. The third kappa shape index (κ3) is 2.20. The molecule has 0 saturated heterocycles. The lowest BCUT2D eigenvalue weighted by molar-refractivity contribution is -0.496. The first-order valence-electron chi connectivity index (χ1n) is 4.36. The summed E-state index contributed by atoms with van der Waals surface area (Å²) in [6.45, 7) is 0.761. The van der Waals surface area contributed by atoms with Gasteiger partial charge >= 0.3 is 0 Å². The minimum atomic E-state index is -0.377. The third-order valence-electron chi connectivity index (χ3n) is 1.97. The second-order valence-corrected chi connectivity index (χ2v) is 3.95. The number of hydrogen-bond donors (Lipinski definition) is 0. The molecule has 1 aromatic rings. The maximum Gasteiger partial charge on any atom is 0.229 e. The summed E-state index contributed by atoms with van der Waals surface area (Å²) in [6.07, 6.45) is 0. The van der Waals surface area contributed by atoms with Crippen LogP contribution in [0.25, 0.3) is 0 Å². The molecule has 2 rings (SSSR count). The van der Waals surface area contributed by atoms with Gasteiger partial charge in [0.25, 0.3) is 0 Å². The summed E-state index contributed by atoms with van der Waals surface area (Å²) < 4.78 is 11.4. The molecule has 5 nitrogen and oxygen atoms in total. The Labute approximate surface area is 94.3 Å². The summed E-state index contributed by atoms with van der Waals surface area (Å²) >= 11 is 3.30. The lowest BCUT2D eigenvalue weighted by Gasteiger charge is -2.19. The fourth-order valence-electron chi connectivity index (χ4n) is 1.40. The second-order valence-electron chi connectivity index (χ2n) is 3.09. The Morgan fingerprint density at radius 2 is 2.13 bits per heavy atom. The summed E-state index contributed by atoms with van der Waals surface area (Å²) in [4.78, 5) is 9.99. The monoisotopic (exact) mass is 273 g/mol. The average Bonchev–Trinajstić information content (AvgIpc) is 2.16. The molecule has 0 spiro atoms. The number of hydrogen-bond acceptors (Lipinski definition) is 4. The van der Waals surface area contributed by atoms with E-state index in [9.17, 15) is 10.1 Å². The molecule has 0 bridgehead atoms. The van der Waals surface area contributed by atoms with E-state index in [1.807, 2.05) is 0 Å². The Bertz CT molecular complexity index is 407. The zero-order valence-corrected chi connectivity index (χ0v) is 9.32. The summed E-state index contributed by atoms with van der Waals surface area (Å²) in [6, 6.07) is 3.32. The Hall–Kier alpha value is -1.30. The van der Waals surface area contributed by atoms with Crippen LogP contribution in [0.3, 0.4) is 0 Å². The van der Waals surface area contributed by atoms with Crippen molar-refractivity contribution in [3.8, 4) is 11.5 Å². The van der Waals surface area contributed by atoms with Gasteiger partial charge in [-0.25, -0.2) is 0 Å². The number of nitrogens with zero attached hydrogens (tertiary/aromatic N) is 1. The molecule has 0 radical (unpaired) electrons. The maximum absolute atomic E-state index is 10.4. The molecular formula is C9H8BrNO4. The first-order valence-corrected chi connectivity index (χ1v) is 5.16. The highest BCUT2D eigenvalue weighted by Crippen LogP contribution is 2.38. The number of ether oxygens (including phenoxy) is 2. The van der Waals surface area contributed by atoms with Crippen LogP contribution in [0.1, 0.15) is 5.56 Å². The van der Waals surface area contributed by atoms with Crippen LogP contribution in [0.5, 0.6) is 11.5 Å². The molecular weight excluding hydrogens is 266 g/mol. The molecule has 1 aromatic carbocycles. The van der Waals surface area contributed by atoms with Crippen LogP contribution < -0.4 is 9.47 Å². The molecule has 0 fully saturated rings. The Kier molecular flexibility index (Phi) is 2.77. The molecule has 0 aromatic heterocycles. The van der Waals surface area contributed by atoms with Crippen molar-refractivity contribution in [3.63, 3.8) is 0 Å². The van der Waals surface area contributed by atoms with Gasteiger partial charge in [0.2, 0.25) is 6.54 Å². The fraction of sp³-hybridized carbons (Fsp3) is 0.333. The highest BCUT2D eigenvalue weighted by atomic mass is 79.9. The second kappa shape index (κ2) is 4.06. The van der Waals surface area contributed by atoms with Gasteiger partial charge in [-0.05, 0) is 28.1 Å². The van der Waals surface area contributed by atoms with Crippen LogP contribution in [0.4, 0.5) is 0 Å². The van der Waals surface area contributed by atoms with Crippen LogP contribution >= 0.6 is 15.9 Å². The van der Waals surface area contributed by atoms with Gasteiger partial charge in [0.05, 0.1) is 4.47 Å². The number of benzene rings is 1. The number of nitro groups is 1. The van der Waals surface area contributed by atoms with E-state index in [-0.39, 0.29) is 11.5 Å². The van der Waals surface area contributed by atoms with Gasteiger partial charge in [-0.2, -0.15) is 0 Å². The zero-order valence-electron chi connectivity index (χ0n) is 7.73. The zero-order chi connectivity index (χ0) is 10.8. The van der Waals surface area contributed by atoms with Crippen molar-refractivity contribution in [1.82, 2.24) is 0 Å². The van der Waals surface area contributed by atoms with Crippen molar-refractivity contribution in [2.45, 2.75) is 6.54 Å². The minimum absolute atomic E-state index is 0.213. The van der Waals surface area contributed by atoms with Crippen LogP contribution in [0, 0.1) is 10.1 Å². The average molecular weight is 274 g/mol. The molecule has 15 heavy (non-hydrogen) atoms. The van der Waals surface area contributed by atoms with E-state index in [1.54, 1.807) is 12.1 Å². The van der Waals surface area contributed by atoms with E-state index in [4.69, 9.17) is 9.47 Å². The van der Waals surface area contributed by atoms with Crippen molar-refractivity contribution in [2.75, 3.05) is 13.2 Å². The summed E-state index contributed by atoms with van der Waals surface area (Å²) in [5.41, 5.74) is 0.594. The molecule has 6 heteroatoms. The van der Waals surface area contributed by atoms with Crippen molar-refractivity contribution >= 4 is 15.9 Å². The predicted molar refractivity (Wildman–Crippen MR) is 55.8 cm³/mol. The molecule has 1 aliphatic heterocycles. The maximum atomic E-state index is 10.4. The van der Waals surface area contributed by atoms with E-state index in [0.717, 1.165) is 0 Å². The molecule has 80 valence electrons. The number of fused-ring (bicyclic) bond motifs is 1. The van der Waals surface area contributed by atoms with E-state index in [0.29, 0.717) is 34.7 Å². The van der Waals surface area contributed by atoms with Gasteiger partial charge < -0.3 is 9.47 Å². The summed E-state index contributed by atoms with van der Waals surface area (Å²) in [5, 5.41) is 10.4. The van der Waals surface area contributed by atoms with Gasteiger partial charge in [0, 0.05) is 10.5 Å². The molecule has 0 atom stereocenters. The van der Waals surface area contributed by atoms with Crippen molar-refractivity contribution < 1.29 is 14.4 Å². The highest BCUT2D eigenvalue weighted by Gasteiger charge is 2.17. The van der Waals surface area contributed by atoms with Gasteiger partial charge in [0.1, 0.15) is 13.2 Å². The first-order chi connectivity index (χ1) is 7.16. The Balaban J connectivity index is 2.36. The molecule has 0 aliphatic carbocycles. The summed E-state index contributed by atoms with van der Waals surface area (Å²) in [7, 11) is 0. The topological polar surface area (TPSA) is 61.6 Å². The molecule has 1 aliphatic rings. The van der Waals surface area contributed by atoms with Gasteiger partial charge in [0.15, 0.2) is 11.5 Å². The number of halogens is 1. The smallest absolute Gasteiger partial charge is 0.229 e. The Morgan fingerprint density at radius 1 is 1.40 bits per heavy atom. The quantitative estimate of drug-likeness (QED) is 0.611. The summed E-state index contributed by atoms with van der Waals surface area (Å²) in [5.74, 6) is 1.18. The standard InChI is InChI=1S/C9H8BrNO4/c10-7-3-6(5-11(12)13)4-8-9(7)15-2-1-14-8/h3-4H,1-2,5H2. The molecule has 1 heterocycles. The molecule has 0 unspecified atom stereocenters. The van der Waals surface area contributed by atoms with Crippen molar-refractivity contribution in [2.24, 2.45) is 0 Å². The van der Waals surface area contributed by atoms with Gasteiger partial charge in [-0.3, -0.25) is 10.1 Å². The van der Waals surface area contributed by atoms with Crippen LogP contribution in [-0.2, 0) is 6.54 Å². The van der Waals surface area contributed by atoms with Crippen LogP contribution in [0.2, 0.25) is 0 Å². The van der Waals surface area contributed by atoms with E-state index < -0.39 is 0 Å². The van der Waals surface area contributed by atoms with Crippen LogP contribution in [0.15, 0.2) is 16.6 Å².